The van der Waals surface area contributed by atoms with Crippen molar-refractivity contribution in [2.75, 3.05) is 74.6 Å². The first-order valence-electron chi connectivity index (χ1n) is 5.63. The molecule has 0 aromatic rings. The second-order valence-corrected chi connectivity index (χ2v) is 4.36. The molecule has 0 saturated heterocycles. The van der Waals surface area contributed by atoms with Crippen molar-refractivity contribution in [3.8, 4) is 0 Å². The van der Waals surface area contributed by atoms with Crippen LogP contribution in [-0.2, 0) is 0 Å². The molecule has 100 valence electrons. The molecule has 0 bridgehead atoms. The van der Waals surface area contributed by atoms with E-state index in [1.54, 1.807) is 0 Å². The summed E-state index contributed by atoms with van der Waals surface area (Å²) < 4.78 is 0. The van der Waals surface area contributed by atoms with Gasteiger partial charge in [-0.1, -0.05) is 0 Å². The number of hydrogen-bond donors (Lipinski definition) is 2. The van der Waals surface area contributed by atoms with E-state index in [-0.39, 0.29) is 13.2 Å². The maximum Gasteiger partial charge on any atom is 0.0558 e. The monoisotopic (exact) mass is 235 g/mol. The minimum absolute atomic E-state index is 0.254. The third-order valence-electron chi connectivity index (χ3n) is 1.96. The molecule has 0 heterocycles. The van der Waals surface area contributed by atoms with Crippen molar-refractivity contribution in [1.82, 2.24) is 14.7 Å². The quantitative estimate of drug-likeness (QED) is 0.593. The van der Waals surface area contributed by atoms with E-state index in [4.69, 9.17) is 10.2 Å². The highest BCUT2D eigenvalue weighted by Crippen LogP contribution is 1.81. The molecule has 0 rings (SSSR count). The summed E-state index contributed by atoms with van der Waals surface area (Å²) >= 11 is 0. The van der Waals surface area contributed by atoms with E-state index in [2.05, 4.69) is 9.80 Å². The van der Waals surface area contributed by atoms with E-state index < -0.39 is 0 Å². The summed E-state index contributed by atoms with van der Waals surface area (Å²) in [6.45, 7) is 4.12. The summed E-state index contributed by atoms with van der Waals surface area (Å²) in [5.74, 6) is 0. The lowest BCUT2D eigenvalue weighted by Gasteiger charge is -2.17. The Morgan fingerprint density at radius 1 is 0.625 bits per heavy atom. The number of likely N-dealkylation sites (N-methyl/N-ethyl adjacent to an activating group) is 3. The Hall–Kier alpha value is -0.200. The van der Waals surface area contributed by atoms with Crippen LogP contribution in [0.5, 0.6) is 0 Å². The lowest BCUT2D eigenvalue weighted by molar-refractivity contribution is 0.209. The average Bonchev–Trinajstić information content (AvgIpc) is 2.16. The van der Waals surface area contributed by atoms with Gasteiger partial charge >= 0.3 is 0 Å². The van der Waals surface area contributed by atoms with Crippen molar-refractivity contribution in [3.05, 3.63) is 0 Å². The van der Waals surface area contributed by atoms with Gasteiger partial charge in [0.15, 0.2) is 0 Å². The van der Waals surface area contributed by atoms with Crippen LogP contribution in [0.15, 0.2) is 0 Å². The third kappa shape index (κ3) is 19.4. The summed E-state index contributed by atoms with van der Waals surface area (Å²) in [6, 6.07) is 0. The van der Waals surface area contributed by atoms with Crippen LogP contribution in [0.25, 0.3) is 0 Å². The van der Waals surface area contributed by atoms with Gasteiger partial charge in [0.1, 0.15) is 0 Å². The van der Waals surface area contributed by atoms with E-state index in [1.165, 1.54) is 0 Å². The molecule has 2 N–H and O–H groups in total. The van der Waals surface area contributed by atoms with Crippen LogP contribution in [0.2, 0.25) is 0 Å². The Labute approximate surface area is 100 Å². The normalized spacial score (nSPS) is 10.9. The minimum Gasteiger partial charge on any atom is -0.395 e. The first-order chi connectivity index (χ1) is 7.43. The number of nitrogens with zero attached hydrogens (tertiary/aromatic N) is 3. The fourth-order valence-electron chi connectivity index (χ4n) is 0.853. The molecular formula is C11H29N3O2. The van der Waals surface area contributed by atoms with Crippen LogP contribution in [0, 0.1) is 0 Å². The topological polar surface area (TPSA) is 50.2 Å². The Balaban J connectivity index is 0. The van der Waals surface area contributed by atoms with Gasteiger partial charge in [-0.05, 0) is 35.2 Å². The lowest BCUT2D eigenvalue weighted by Crippen LogP contribution is -2.30. The molecule has 0 atom stereocenters. The Bertz CT molecular complexity index is 132. The van der Waals surface area contributed by atoms with Gasteiger partial charge in [-0.3, -0.25) is 0 Å². The molecule has 0 unspecified atom stereocenters. The fourth-order valence-corrected chi connectivity index (χ4v) is 0.853. The van der Waals surface area contributed by atoms with Crippen molar-refractivity contribution < 1.29 is 10.2 Å². The number of hydrogen-bond acceptors (Lipinski definition) is 5. The van der Waals surface area contributed by atoms with Crippen LogP contribution in [0.1, 0.15) is 0 Å². The molecule has 0 aromatic carbocycles. The number of aliphatic hydroxyl groups is 2. The highest BCUT2D eigenvalue weighted by molar-refractivity contribution is 4.51. The maximum atomic E-state index is 8.55. The van der Waals surface area contributed by atoms with Crippen LogP contribution < -0.4 is 0 Å². The molecule has 0 aliphatic rings. The van der Waals surface area contributed by atoms with Crippen molar-refractivity contribution in [1.29, 1.82) is 0 Å². The Morgan fingerprint density at radius 3 is 1.31 bits per heavy atom. The molecular weight excluding hydrogens is 206 g/mol. The lowest BCUT2D eigenvalue weighted by atomic mass is 10.5. The largest absolute Gasteiger partial charge is 0.395 e. The van der Waals surface area contributed by atoms with Gasteiger partial charge < -0.3 is 24.9 Å². The Morgan fingerprint density at radius 2 is 1.06 bits per heavy atom. The van der Waals surface area contributed by atoms with Crippen molar-refractivity contribution in [2.45, 2.75) is 0 Å². The molecule has 16 heavy (non-hydrogen) atoms. The van der Waals surface area contributed by atoms with Gasteiger partial charge in [-0.25, -0.2) is 0 Å². The summed E-state index contributed by atoms with van der Waals surface area (Å²) in [7, 11) is 9.96. The van der Waals surface area contributed by atoms with Gasteiger partial charge in [0.2, 0.25) is 0 Å². The predicted octanol–water partition coefficient (Wildman–Crippen LogP) is -0.988. The van der Waals surface area contributed by atoms with E-state index >= 15 is 0 Å². The molecule has 0 saturated carbocycles. The molecule has 5 nitrogen and oxygen atoms in total. The summed E-state index contributed by atoms with van der Waals surface area (Å²) in [5, 5.41) is 16.7. The molecule has 0 aromatic heterocycles. The van der Waals surface area contributed by atoms with Crippen LogP contribution >= 0.6 is 0 Å². The zero-order chi connectivity index (χ0) is 13.0. The molecule has 0 radical (unpaired) electrons. The average molecular weight is 235 g/mol. The van der Waals surface area contributed by atoms with Gasteiger partial charge in [-0.15, -0.1) is 0 Å². The highest BCUT2D eigenvalue weighted by Gasteiger charge is 1.96. The first-order valence-corrected chi connectivity index (χ1v) is 5.63. The van der Waals surface area contributed by atoms with Crippen LogP contribution in [0.4, 0.5) is 0 Å². The number of aliphatic hydroxyl groups excluding tert-OH is 2. The molecule has 0 aliphatic heterocycles. The van der Waals surface area contributed by atoms with Gasteiger partial charge in [-0.2, -0.15) is 0 Å². The third-order valence-corrected chi connectivity index (χ3v) is 1.96. The molecule has 0 spiro atoms. The smallest absolute Gasteiger partial charge is 0.0558 e. The Kier molecular flexibility index (Phi) is 14.6. The predicted molar refractivity (Wildman–Crippen MR) is 68.8 cm³/mol. The summed E-state index contributed by atoms with van der Waals surface area (Å²) in [6.07, 6.45) is 0. The highest BCUT2D eigenvalue weighted by atomic mass is 16.3. The van der Waals surface area contributed by atoms with E-state index in [0.717, 1.165) is 26.2 Å². The van der Waals surface area contributed by atoms with Gasteiger partial charge in [0, 0.05) is 26.2 Å². The van der Waals surface area contributed by atoms with Crippen LogP contribution in [-0.4, -0.2) is 99.5 Å². The van der Waals surface area contributed by atoms with Gasteiger partial charge in [0.25, 0.3) is 0 Å². The molecule has 0 aliphatic carbocycles. The zero-order valence-electron chi connectivity index (χ0n) is 11.5. The molecule has 5 heteroatoms. The molecule has 0 amide bonds. The van der Waals surface area contributed by atoms with E-state index in [1.807, 2.05) is 40.1 Å². The SMILES string of the molecule is CN(C)CCN(C)CCO.CN(C)CCO. The van der Waals surface area contributed by atoms with E-state index in [0.29, 0.717) is 0 Å². The fraction of sp³-hybridized carbons (Fsp3) is 1.00. The van der Waals surface area contributed by atoms with Crippen molar-refractivity contribution in [2.24, 2.45) is 0 Å². The number of rotatable bonds is 7. The standard InChI is InChI=1S/C7H18N2O.C4H11NO/c1-8(2)4-5-9(3)6-7-10;1-5(2)3-4-6/h10H,4-7H2,1-3H3;6H,3-4H2,1-2H3. The van der Waals surface area contributed by atoms with E-state index in [9.17, 15) is 0 Å². The second kappa shape index (κ2) is 12.9. The van der Waals surface area contributed by atoms with Gasteiger partial charge in [0.05, 0.1) is 13.2 Å². The second-order valence-electron chi connectivity index (χ2n) is 4.36. The summed E-state index contributed by atoms with van der Waals surface area (Å²) in [5.41, 5.74) is 0. The van der Waals surface area contributed by atoms with Crippen LogP contribution in [0.3, 0.4) is 0 Å². The van der Waals surface area contributed by atoms with Crippen molar-refractivity contribution >= 4 is 0 Å². The first kappa shape index (κ1) is 18.2. The van der Waals surface area contributed by atoms with Crippen molar-refractivity contribution in [3.63, 3.8) is 0 Å². The minimum atomic E-state index is 0.254. The maximum absolute atomic E-state index is 8.55. The molecule has 0 fully saturated rings. The zero-order valence-corrected chi connectivity index (χ0v) is 11.5. The summed E-state index contributed by atoms with van der Waals surface area (Å²) in [4.78, 5) is 6.17.